The molecule has 4 rings (SSSR count). The van der Waals surface area contributed by atoms with Crippen LogP contribution in [0.3, 0.4) is 0 Å². The molecule has 1 aromatic heterocycles. The number of ether oxygens (including phenoxy) is 2. The minimum Gasteiger partial charge on any atom is -0.454 e. The number of nitrogens with zero attached hydrogens (tertiary/aromatic N) is 2. The molecule has 0 atom stereocenters. The van der Waals surface area contributed by atoms with Crippen molar-refractivity contribution in [3.63, 3.8) is 0 Å². The third-order valence-electron chi connectivity index (χ3n) is 4.00. The SMILES string of the molecule is Cc1c(Cc2ccc(-n3cccn3)cc2)ccc2c1OCO2. The van der Waals surface area contributed by atoms with E-state index in [0.717, 1.165) is 29.2 Å². The van der Waals surface area contributed by atoms with E-state index in [0.29, 0.717) is 6.79 Å². The Morgan fingerprint density at radius 2 is 1.95 bits per heavy atom. The lowest BCUT2D eigenvalue weighted by Crippen LogP contribution is -1.97. The molecule has 0 amide bonds. The monoisotopic (exact) mass is 292 g/mol. The van der Waals surface area contributed by atoms with Crippen LogP contribution in [0.25, 0.3) is 5.69 Å². The van der Waals surface area contributed by atoms with Gasteiger partial charge in [-0.05, 0) is 54.3 Å². The molecular formula is C18H16N2O2. The van der Waals surface area contributed by atoms with Crippen LogP contribution in [0, 0.1) is 6.92 Å². The van der Waals surface area contributed by atoms with Crippen LogP contribution >= 0.6 is 0 Å². The van der Waals surface area contributed by atoms with E-state index < -0.39 is 0 Å². The Morgan fingerprint density at radius 3 is 2.73 bits per heavy atom. The van der Waals surface area contributed by atoms with Gasteiger partial charge in [-0.2, -0.15) is 5.10 Å². The fourth-order valence-corrected chi connectivity index (χ4v) is 2.75. The van der Waals surface area contributed by atoms with Crippen LogP contribution in [0.15, 0.2) is 54.9 Å². The Balaban J connectivity index is 1.59. The van der Waals surface area contributed by atoms with E-state index in [1.807, 2.05) is 23.0 Å². The van der Waals surface area contributed by atoms with Crippen LogP contribution < -0.4 is 9.47 Å². The summed E-state index contributed by atoms with van der Waals surface area (Å²) in [5.74, 6) is 1.72. The molecule has 2 heterocycles. The molecule has 0 unspecified atom stereocenters. The van der Waals surface area contributed by atoms with E-state index in [9.17, 15) is 0 Å². The van der Waals surface area contributed by atoms with E-state index in [1.165, 1.54) is 11.1 Å². The van der Waals surface area contributed by atoms with Crippen molar-refractivity contribution >= 4 is 0 Å². The molecular weight excluding hydrogens is 276 g/mol. The van der Waals surface area contributed by atoms with Gasteiger partial charge in [0.05, 0.1) is 5.69 Å². The van der Waals surface area contributed by atoms with Crippen molar-refractivity contribution in [2.45, 2.75) is 13.3 Å². The van der Waals surface area contributed by atoms with Crippen LogP contribution in [0.2, 0.25) is 0 Å². The number of aromatic nitrogens is 2. The lowest BCUT2D eigenvalue weighted by atomic mass is 9.99. The van der Waals surface area contributed by atoms with Crippen molar-refractivity contribution in [1.29, 1.82) is 0 Å². The van der Waals surface area contributed by atoms with Crippen molar-refractivity contribution in [1.82, 2.24) is 9.78 Å². The van der Waals surface area contributed by atoms with Crippen molar-refractivity contribution in [3.05, 3.63) is 71.5 Å². The lowest BCUT2D eigenvalue weighted by Gasteiger charge is -2.09. The molecule has 0 fully saturated rings. The van der Waals surface area contributed by atoms with E-state index in [4.69, 9.17) is 9.47 Å². The van der Waals surface area contributed by atoms with Gasteiger partial charge in [0.2, 0.25) is 6.79 Å². The second-order valence-electron chi connectivity index (χ2n) is 5.38. The maximum atomic E-state index is 5.54. The van der Waals surface area contributed by atoms with Gasteiger partial charge in [0.15, 0.2) is 11.5 Å². The molecule has 0 radical (unpaired) electrons. The highest BCUT2D eigenvalue weighted by Crippen LogP contribution is 2.37. The average Bonchev–Trinajstić information content (AvgIpc) is 3.22. The Bertz CT molecular complexity index is 793. The first kappa shape index (κ1) is 13.0. The minimum atomic E-state index is 0.318. The van der Waals surface area contributed by atoms with Crippen molar-refractivity contribution in [3.8, 4) is 17.2 Å². The fraction of sp³-hybridized carbons (Fsp3) is 0.167. The predicted molar refractivity (Wildman–Crippen MR) is 83.7 cm³/mol. The smallest absolute Gasteiger partial charge is 0.231 e. The summed E-state index contributed by atoms with van der Waals surface area (Å²) in [7, 11) is 0. The number of rotatable bonds is 3. The summed E-state index contributed by atoms with van der Waals surface area (Å²) in [6, 6.07) is 14.5. The van der Waals surface area contributed by atoms with Gasteiger partial charge >= 0.3 is 0 Å². The first-order valence-electron chi connectivity index (χ1n) is 7.28. The van der Waals surface area contributed by atoms with E-state index in [1.54, 1.807) is 6.20 Å². The standard InChI is InChI=1S/C18H16N2O2/c1-13-15(5-8-17-18(13)22-12-21-17)11-14-3-6-16(7-4-14)20-10-2-9-19-20/h2-10H,11-12H2,1H3. The topological polar surface area (TPSA) is 36.3 Å². The van der Waals surface area contributed by atoms with Crippen molar-refractivity contribution < 1.29 is 9.47 Å². The van der Waals surface area contributed by atoms with E-state index in [-0.39, 0.29) is 0 Å². The zero-order chi connectivity index (χ0) is 14.9. The lowest BCUT2D eigenvalue weighted by molar-refractivity contribution is 0.173. The largest absolute Gasteiger partial charge is 0.454 e. The number of hydrogen-bond acceptors (Lipinski definition) is 3. The highest BCUT2D eigenvalue weighted by atomic mass is 16.7. The summed E-state index contributed by atoms with van der Waals surface area (Å²) in [6.45, 7) is 2.40. The maximum Gasteiger partial charge on any atom is 0.231 e. The van der Waals surface area contributed by atoms with Gasteiger partial charge in [0.1, 0.15) is 0 Å². The van der Waals surface area contributed by atoms with Gasteiger partial charge in [0.25, 0.3) is 0 Å². The molecule has 0 bridgehead atoms. The van der Waals surface area contributed by atoms with Crippen molar-refractivity contribution in [2.24, 2.45) is 0 Å². The molecule has 3 aromatic rings. The molecule has 0 saturated heterocycles. The Hall–Kier alpha value is -2.75. The molecule has 1 aliphatic rings. The molecule has 4 heteroatoms. The van der Waals surface area contributed by atoms with Gasteiger partial charge in [-0.25, -0.2) is 4.68 Å². The molecule has 0 spiro atoms. The highest BCUT2D eigenvalue weighted by molar-refractivity contribution is 5.52. The van der Waals surface area contributed by atoms with E-state index in [2.05, 4.69) is 42.4 Å². The van der Waals surface area contributed by atoms with Crippen LogP contribution in [-0.4, -0.2) is 16.6 Å². The summed E-state index contributed by atoms with van der Waals surface area (Å²) in [6.07, 6.45) is 4.60. The summed E-state index contributed by atoms with van der Waals surface area (Å²) < 4.78 is 12.8. The average molecular weight is 292 g/mol. The number of hydrogen-bond donors (Lipinski definition) is 0. The maximum absolute atomic E-state index is 5.54. The molecule has 2 aromatic carbocycles. The number of fused-ring (bicyclic) bond motifs is 1. The first-order valence-corrected chi connectivity index (χ1v) is 7.28. The summed E-state index contributed by atoms with van der Waals surface area (Å²) in [4.78, 5) is 0. The third-order valence-corrected chi connectivity index (χ3v) is 4.00. The fourth-order valence-electron chi connectivity index (χ4n) is 2.75. The molecule has 1 aliphatic heterocycles. The van der Waals surface area contributed by atoms with Gasteiger partial charge in [-0.1, -0.05) is 18.2 Å². The summed E-state index contributed by atoms with van der Waals surface area (Å²) in [5.41, 5.74) is 4.75. The second-order valence-corrected chi connectivity index (χ2v) is 5.38. The molecule has 110 valence electrons. The number of benzene rings is 2. The highest BCUT2D eigenvalue weighted by Gasteiger charge is 2.17. The van der Waals surface area contributed by atoms with Gasteiger partial charge < -0.3 is 9.47 Å². The second kappa shape index (κ2) is 5.22. The van der Waals surface area contributed by atoms with Crippen LogP contribution in [0.1, 0.15) is 16.7 Å². The Kier molecular flexibility index (Phi) is 3.07. The summed E-state index contributed by atoms with van der Waals surface area (Å²) in [5, 5.41) is 4.24. The zero-order valence-electron chi connectivity index (χ0n) is 12.3. The molecule has 22 heavy (non-hydrogen) atoms. The quantitative estimate of drug-likeness (QED) is 0.741. The summed E-state index contributed by atoms with van der Waals surface area (Å²) >= 11 is 0. The first-order chi connectivity index (χ1) is 10.8. The zero-order valence-corrected chi connectivity index (χ0v) is 12.3. The van der Waals surface area contributed by atoms with E-state index >= 15 is 0 Å². The van der Waals surface area contributed by atoms with Gasteiger partial charge in [0, 0.05) is 12.4 Å². The predicted octanol–water partition coefficient (Wildman–Crippen LogP) is 3.50. The normalized spacial score (nSPS) is 12.6. The van der Waals surface area contributed by atoms with Crippen molar-refractivity contribution in [2.75, 3.05) is 6.79 Å². The minimum absolute atomic E-state index is 0.318. The van der Waals surface area contributed by atoms with Crippen LogP contribution in [0.5, 0.6) is 11.5 Å². The van der Waals surface area contributed by atoms with Gasteiger partial charge in [-0.15, -0.1) is 0 Å². The third kappa shape index (κ3) is 2.22. The van der Waals surface area contributed by atoms with Crippen LogP contribution in [-0.2, 0) is 6.42 Å². The molecule has 0 aliphatic carbocycles. The molecule has 0 N–H and O–H groups in total. The molecule has 4 nitrogen and oxygen atoms in total. The Morgan fingerprint density at radius 1 is 1.09 bits per heavy atom. The Labute approximate surface area is 128 Å². The van der Waals surface area contributed by atoms with Gasteiger partial charge in [-0.3, -0.25) is 0 Å². The molecule has 0 saturated carbocycles. The van der Waals surface area contributed by atoms with Crippen LogP contribution in [0.4, 0.5) is 0 Å².